The summed E-state index contributed by atoms with van der Waals surface area (Å²) < 4.78 is 0. The lowest BCUT2D eigenvalue weighted by molar-refractivity contribution is 0.0745. The molecule has 31 heavy (non-hydrogen) atoms. The molecule has 4 aromatic rings. The third-order valence-corrected chi connectivity index (χ3v) is 5.93. The number of aromatic nitrogens is 3. The summed E-state index contributed by atoms with van der Waals surface area (Å²) in [6, 6.07) is 28.3. The van der Waals surface area contributed by atoms with Crippen molar-refractivity contribution in [3.05, 3.63) is 114 Å². The number of benzene rings is 3. The second kappa shape index (κ2) is 10.6. The van der Waals surface area contributed by atoms with Gasteiger partial charge in [0.15, 0.2) is 5.16 Å². The van der Waals surface area contributed by atoms with Gasteiger partial charge < -0.3 is 4.90 Å². The quantitative estimate of drug-likeness (QED) is 0.382. The summed E-state index contributed by atoms with van der Waals surface area (Å²) in [4.78, 5) is 19.4. The first-order valence-electron chi connectivity index (χ1n) is 10.2. The van der Waals surface area contributed by atoms with Crippen LogP contribution < -0.4 is 0 Å². The van der Waals surface area contributed by atoms with Gasteiger partial charge in [-0.05, 0) is 35.2 Å². The predicted octanol–water partition coefficient (Wildman–Crippen LogP) is 4.98. The van der Waals surface area contributed by atoms with E-state index < -0.39 is 0 Å². The Hall–Kier alpha value is -3.38. The van der Waals surface area contributed by atoms with Crippen LogP contribution in [0.25, 0.3) is 0 Å². The molecule has 156 valence electrons. The van der Waals surface area contributed by atoms with Crippen LogP contribution in [0.4, 0.5) is 0 Å². The Morgan fingerprint density at radius 2 is 1.52 bits per heavy atom. The highest BCUT2D eigenvalue weighted by Crippen LogP contribution is 2.19. The van der Waals surface area contributed by atoms with Crippen molar-refractivity contribution in [3.63, 3.8) is 0 Å². The van der Waals surface area contributed by atoms with Crippen molar-refractivity contribution >= 4 is 17.7 Å². The van der Waals surface area contributed by atoms with E-state index in [1.165, 1.54) is 11.9 Å². The smallest absolute Gasteiger partial charge is 0.254 e. The van der Waals surface area contributed by atoms with E-state index in [2.05, 4.69) is 39.4 Å². The van der Waals surface area contributed by atoms with E-state index in [9.17, 15) is 4.79 Å². The van der Waals surface area contributed by atoms with Crippen molar-refractivity contribution in [2.45, 2.75) is 23.9 Å². The number of H-pyrrole nitrogens is 1. The molecule has 0 aliphatic rings. The minimum absolute atomic E-state index is 0.0502. The fraction of sp³-hybridized carbons (Fsp3) is 0.160. The van der Waals surface area contributed by atoms with Gasteiger partial charge in [-0.15, -0.1) is 0 Å². The second-order valence-corrected chi connectivity index (χ2v) is 8.19. The van der Waals surface area contributed by atoms with Crippen LogP contribution >= 0.6 is 11.8 Å². The van der Waals surface area contributed by atoms with Crippen LogP contribution in [0, 0.1) is 0 Å². The number of nitrogens with one attached hydrogen (secondary N) is 1. The molecule has 0 saturated heterocycles. The molecule has 4 rings (SSSR count). The minimum Gasteiger partial charge on any atom is -0.334 e. The molecule has 0 fully saturated rings. The maximum atomic E-state index is 13.3. The van der Waals surface area contributed by atoms with Gasteiger partial charge in [0.05, 0.1) is 0 Å². The van der Waals surface area contributed by atoms with Crippen LogP contribution in [-0.2, 0) is 18.7 Å². The summed E-state index contributed by atoms with van der Waals surface area (Å²) in [5, 5.41) is 7.49. The molecule has 0 aliphatic carbocycles. The second-order valence-electron chi connectivity index (χ2n) is 7.22. The zero-order valence-electron chi connectivity index (χ0n) is 17.1. The van der Waals surface area contributed by atoms with Crippen molar-refractivity contribution in [1.29, 1.82) is 0 Å². The first kappa shape index (κ1) is 20.9. The zero-order chi connectivity index (χ0) is 21.3. The Morgan fingerprint density at radius 3 is 2.16 bits per heavy atom. The van der Waals surface area contributed by atoms with Crippen molar-refractivity contribution < 1.29 is 4.79 Å². The average molecular weight is 429 g/mol. The maximum absolute atomic E-state index is 13.3. The lowest BCUT2D eigenvalue weighted by Crippen LogP contribution is -2.32. The number of aromatic amines is 1. The van der Waals surface area contributed by atoms with E-state index in [-0.39, 0.29) is 5.91 Å². The highest BCUT2D eigenvalue weighted by atomic mass is 32.2. The Balaban J connectivity index is 1.44. The SMILES string of the molecule is O=C(c1ccc(CSc2ncn[nH]2)cc1)N(CCc1ccccc1)Cc1ccccc1. The molecule has 6 heteroatoms. The first-order valence-corrected chi connectivity index (χ1v) is 11.2. The molecule has 5 nitrogen and oxygen atoms in total. The Kier molecular flexibility index (Phi) is 7.13. The molecule has 1 heterocycles. The van der Waals surface area contributed by atoms with Gasteiger partial charge in [-0.25, -0.2) is 4.98 Å². The highest BCUT2D eigenvalue weighted by Gasteiger charge is 2.16. The molecule has 0 radical (unpaired) electrons. The number of carbonyl (C=O) groups is 1. The molecule has 1 amide bonds. The van der Waals surface area contributed by atoms with E-state index >= 15 is 0 Å². The normalized spacial score (nSPS) is 10.7. The van der Waals surface area contributed by atoms with E-state index in [0.29, 0.717) is 18.7 Å². The number of nitrogens with zero attached hydrogens (tertiary/aromatic N) is 3. The van der Waals surface area contributed by atoms with Gasteiger partial charge in [0.25, 0.3) is 5.91 Å². The van der Waals surface area contributed by atoms with Gasteiger partial charge >= 0.3 is 0 Å². The van der Waals surface area contributed by atoms with Crippen LogP contribution in [0.5, 0.6) is 0 Å². The van der Waals surface area contributed by atoms with Crippen molar-refractivity contribution in [2.24, 2.45) is 0 Å². The summed E-state index contributed by atoms with van der Waals surface area (Å²) in [6.45, 7) is 1.26. The van der Waals surface area contributed by atoms with Gasteiger partial charge in [-0.2, -0.15) is 5.10 Å². The van der Waals surface area contributed by atoms with Crippen LogP contribution in [0.2, 0.25) is 0 Å². The third kappa shape index (κ3) is 6.06. The molecule has 0 spiro atoms. The number of thioether (sulfide) groups is 1. The minimum atomic E-state index is 0.0502. The van der Waals surface area contributed by atoms with E-state index in [4.69, 9.17) is 0 Å². The van der Waals surface area contributed by atoms with Gasteiger partial charge in [-0.1, -0.05) is 84.6 Å². The lowest BCUT2D eigenvalue weighted by Gasteiger charge is -2.23. The Bertz CT molecular complexity index is 1070. The number of amides is 1. The van der Waals surface area contributed by atoms with E-state index in [1.807, 2.05) is 65.6 Å². The lowest BCUT2D eigenvalue weighted by atomic mass is 10.1. The summed E-state index contributed by atoms with van der Waals surface area (Å²) >= 11 is 1.58. The van der Waals surface area contributed by atoms with Crippen LogP contribution in [-0.4, -0.2) is 32.5 Å². The number of hydrogen-bond donors (Lipinski definition) is 1. The van der Waals surface area contributed by atoms with Crippen molar-refractivity contribution in [3.8, 4) is 0 Å². The van der Waals surface area contributed by atoms with Crippen molar-refractivity contribution in [2.75, 3.05) is 6.54 Å². The molecule has 1 N–H and O–H groups in total. The van der Waals surface area contributed by atoms with Gasteiger partial charge in [0, 0.05) is 24.4 Å². The first-order chi connectivity index (χ1) is 15.3. The molecule has 1 aromatic heterocycles. The third-order valence-electron chi connectivity index (χ3n) is 4.99. The molecule has 0 atom stereocenters. The van der Waals surface area contributed by atoms with Gasteiger partial charge in [0.1, 0.15) is 6.33 Å². The maximum Gasteiger partial charge on any atom is 0.254 e. The largest absolute Gasteiger partial charge is 0.334 e. The molecule has 0 bridgehead atoms. The summed E-state index contributed by atoms with van der Waals surface area (Å²) in [5.74, 6) is 0.819. The Labute approximate surface area is 186 Å². The molecule has 0 unspecified atom stereocenters. The topological polar surface area (TPSA) is 61.9 Å². The summed E-state index contributed by atoms with van der Waals surface area (Å²) in [7, 11) is 0. The standard InChI is InChI=1S/C25H24N4OS/c30-24(23-13-11-22(12-14-23)18-31-25-26-19-27-28-25)29(17-21-9-5-2-6-10-21)16-15-20-7-3-1-4-8-20/h1-14,19H,15-18H2,(H,26,27,28). The molecule has 0 saturated carbocycles. The fourth-order valence-electron chi connectivity index (χ4n) is 3.31. The zero-order valence-corrected chi connectivity index (χ0v) is 18.0. The fourth-order valence-corrected chi connectivity index (χ4v) is 4.04. The summed E-state index contributed by atoms with van der Waals surface area (Å²) in [6.07, 6.45) is 2.33. The number of rotatable bonds is 9. The van der Waals surface area contributed by atoms with Crippen LogP contribution in [0.3, 0.4) is 0 Å². The van der Waals surface area contributed by atoms with Crippen LogP contribution in [0.1, 0.15) is 27.0 Å². The van der Waals surface area contributed by atoms with E-state index in [0.717, 1.165) is 28.5 Å². The van der Waals surface area contributed by atoms with Crippen molar-refractivity contribution in [1.82, 2.24) is 20.1 Å². The predicted molar refractivity (Wildman–Crippen MR) is 124 cm³/mol. The van der Waals surface area contributed by atoms with Crippen LogP contribution in [0.15, 0.2) is 96.4 Å². The highest BCUT2D eigenvalue weighted by molar-refractivity contribution is 7.98. The number of hydrogen-bond acceptors (Lipinski definition) is 4. The molecular formula is C25H24N4OS. The Morgan fingerprint density at radius 1 is 0.839 bits per heavy atom. The van der Waals surface area contributed by atoms with Gasteiger partial charge in [0.2, 0.25) is 0 Å². The average Bonchev–Trinajstić information content (AvgIpc) is 3.35. The van der Waals surface area contributed by atoms with Gasteiger partial charge in [-0.3, -0.25) is 9.89 Å². The van der Waals surface area contributed by atoms with E-state index in [1.54, 1.807) is 11.8 Å². The molecular weight excluding hydrogens is 404 g/mol. The number of carbonyl (C=O) groups excluding carboxylic acids is 1. The summed E-state index contributed by atoms with van der Waals surface area (Å²) in [5.41, 5.74) is 4.20. The monoisotopic (exact) mass is 428 g/mol. The molecule has 0 aliphatic heterocycles. The molecule has 3 aromatic carbocycles.